The van der Waals surface area contributed by atoms with E-state index >= 15 is 0 Å². The zero-order chi connectivity index (χ0) is 18.1. The molecule has 0 fully saturated rings. The van der Waals surface area contributed by atoms with Gasteiger partial charge in [0, 0.05) is 23.0 Å². The van der Waals surface area contributed by atoms with Crippen LogP contribution in [-0.4, -0.2) is 22.9 Å². The fraction of sp³-hybridized carbons (Fsp3) is 0.176. The van der Waals surface area contributed by atoms with Crippen LogP contribution in [0.2, 0.25) is 0 Å². The molecule has 1 aliphatic rings. The van der Waals surface area contributed by atoms with Crippen LogP contribution >= 0.6 is 15.9 Å². The van der Waals surface area contributed by atoms with Crippen LogP contribution in [0.5, 0.6) is 0 Å². The van der Waals surface area contributed by atoms with Crippen molar-refractivity contribution in [3.8, 4) is 0 Å². The number of rotatable bonds is 3. The van der Waals surface area contributed by atoms with Gasteiger partial charge in [0.2, 0.25) is 0 Å². The number of halogens is 1. The maximum Gasteiger partial charge on any atom is 0.339 e. The van der Waals surface area contributed by atoms with Crippen molar-refractivity contribution in [1.82, 2.24) is 0 Å². The summed E-state index contributed by atoms with van der Waals surface area (Å²) in [6.45, 7) is 1.91. The molecular weight excluding hydrogens is 392 g/mol. The number of hydrogen-bond donors (Lipinski definition) is 1. The van der Waals surface area contributed by atoms with Crippen molar-refractivity contribution >= 4 is 39.2 Å². The normalized spacial score (nSPS) is 15.9. The topological polar surface area (TPSA) is 98.5 Å². The highest BCUT2D eigenvalue weighted by Gasteiger charge is 2.31. The van der Waals surface area contributed by atoms with E-state index in [-0.39, 0.29) is 12.1 Å². The van der Waals surface area contributed by atoms with E-state index < -0.39 is 22.9 Å². The lowest BCUT2D eigenvalue weighted by Gasteiger charge is -2.24. The molecule has 3 rings (SSSR count). The molecule has 0 aliphatic carbocycles. The molecule has 128 valence electrons. The number of hydrogen-bond acceptors (Lipinski definition) is 5. The first kappa shape index (κ1) is 17.1. The van der Waals surface area contributed by atoms with E-state index in [0.717, 1.165) is 11.1 Å². The molecule has 25 heavy (non-hydrogen) atoms. The highest BCUT2D eigenvalue weighted by Crippen LogP contribution is 2.28. The second-order valence-electron chi connectivity index (χ2n) is 5.67. The average Bonchev–Trinajstić information content (AvgIpc) is 2.55. The Hall–Kier alpha value is -2.74. The van der Waals surface area contributed by atoms with Gasteiger partial charge < -0.3 is 10.1 Å². The number of carbonyl (C=O) groups is 2. The molecule has 1 N–H and O–H groups in total. The second kappa shape index (κ2) is 6.64. The Morgan fingerprint density at radius 1 is 1.32 bits per heavy atom. The number of esters is 1. The molecule has 2 aromatic carbocycles. The number of ether oxygens (including phenoxy) is 1. The Morgan fingerprint density at radius 3 is 2.76 bits per heavy atom. The van der Waals surface area contributed by atoms with Crippen molar-refractivity contribution in [2.24, 2.45) is 0 Å². The quantitative estimate of drug-likeness (QED) is 0.480. The van der Waals surface area contributed by atoms with Crippen LogP contribution in [0.4, 0.5) is 11.4 Å². The minimum absolute atomic E-state index is 0.0987. The number of nitrogens with zero attached hydrogens (tertiary/aromatic N) is 1. The van der Waals surface area contributed by atoms with Gasteiger partial charge in [0.15, 0.2) is 6.10 Å². The van der Waals surface area contributed by atoms with Gasteiger partial charge in [-0.15, -0.1) is 0 Å². The van der Waals surface area contributed by atoms with Crippen LogP contribution < -0.4 is 5.32 Å². The van der Waals surface area contributed by atoms with Gasteiger partial charge in [0.1, 0.15) is 0 Å². The van der Waals surface area contributed by atoms with Crippen molar-refractivity contribution in [2.45, 2.75) is 19.4 Å². The van der Waals surface area contributed by atoms with Gasteiger partial charge in [0.25, 0.3) is 11.6 Å². The predicted molar refractivity (Wildman–Crippen MR) is 93.5 cm³/mol. The Labute approximate surface area is 151 Å². The Kier molecular flexibility index (Phi) is 4.54. The number of non-ortho nitro benzene ring substituents is 1. The molecular formula is C17H13BrN2O5. The van der Waals surface area contributed by atoms with E-state index in [1.807, 2.05) is 19.1 Å². The maximum atomic E-state index is 12.4. The Bertz CT molecular complexity index is 897. The lowest BCUT2D eigenvalue weighted by atomic mass is 9.96. The van der Waals surface area contributed by atoms with Gasteiger partial charge in [-0.25, -0.2) is 4.79 Å². The third-order valence-corrected chi connectivity index (χ3v) is 4.51. The summed E-state index contributed by atoms with van der Waals surface area (Å²) in [6.07, 6.45) is -0.678. The van der Waals surface area contributed by atoms with E-state index in [0.29, 0.717) is 15.7 Å². The monoisotopic (exact) mass is 404 g/mol. The van der Waals surface area contributed by atoms with E-state index in [1.165, 1.54) is 18.2 Å². The number of aryl methyl sites for hydroxylation is 1. The van der Waals surface area contributed by atoms with Crippen molar-refractivity contribution < 1.29 is 19.2 Å². The lowest BCUT2D eigenvalue weighted by Crippen LogP contribution is -2.38. The summed E-state index contributed by atoms with van der Waals surface area (Å²) in [5.41, 5.74) is 2.48. The van der Waals surface area contributed by atoms with Crippen LogP contribution in [0.25, 0.3) is 0 Å². The number of cyclic esters (lactones) is 1. The van der Waals surface area contributed by atoms with Crippen LogP contribution in [0.15, 0.2) is 40.9 Å². The molecule has 1 atom stereocenters. The highest BCUT2D eigenvalue weighted by atomic mass is 79.9. The van der Waals surface area contributed by atoms with Crippen molar-refractivity contribution in [2.75, 3.05) is 5.32 Å². The first-order valence-corrected chi connectivity index (χ1v) is 8.20. The van der Waals surface area contributed by atoms with Gasteiger partial charge in [-0.1, -0.05) is 17.7 Å². The number of fused-ring (bicyclic) bond motifs is 1. The smallest absolute Gasteiger partial charge is 0.339 e. The Balaban J connectivity index is 1.78. The van der Waals surface area contributed by atoms with Gasteiger partial charge in [-0.3, -0.25) is 14.9 Å². The molecule has 0 radical (unpaired) electrons. The van der Waals surface area contributed by atoms with Crippen LogP contribution in [-0.2, 0) is 16.0 Å². The molecule has 1 heterocycles. The van der Waals surface area contributed by atoms with Gasteiger partial charge in [-0.05, 0) is 40.5 Å². The molecule has 0 saturated heterocycles. The summed E-state index contributed by atoms with van der Waals surface area (Å²) in [4.78, 5) is 34.7. The molecule has 0 spiro atoms. The molecule has 0 saturated carbocycles. The highest BCUT2D eigenvalue weighted by molar-refractivity contribution is 9.10. The van der Waals surface area contributed by atoms with E-state index in [2.05, 4.69) is 21.2 Å². The second-order valence-corrected chi connectivity index (χ2v) is 6.52. The Morgan fingerprint density at radius 2 is 2.08 bits per heavy atom. The minimum atomic E-state index is -0.955. The number of nitrogens with one attached hydrogen (secondary N) is 1. The summed E-state index contributed by atoms with van der Waals surface area (Å²) in [7, 11) is 0. The largest absolute Gasteiger partial charge is 0.448 e. The summed E-state index contributed by atoms with van der Waals surface area (Å²) >= 11 is 3.19. The SMILES string of the molecule is Cc1ccc2c(c1)CC(C(=O)Nc1ccc([N+](=O)[O-])cc1Br)OC2=O. The third-order valence-electron chi connectivity index (χ3n) is 3.85. The predicted octanol–water partition coefficient (Wildman–Crippen LogP) is 3.39. The first-order valence-electron chi connectivity index (χ1n) is 7.40. The van der Waals surface area contributed by atoms with Gasteiger partial charge >= 0.3 is 5.97 Å². The fourth-order valence-electron chi connectivity index (χ4n) is 2.60. The average molecular weight is 405 g/mol. The van der Waals surface area contributed by atoms with Gasteiger partial charge in [-0.2, -0.15) is 0 Å². The molecule has 1 unspecified atom stereocenters. The number of nitro benzene ring substituents is 1. The molecule has 1 amide bonds. The summed E-state index contributed by atoms with van der Waals surface area (Å²) in [6, 6.07) is 9.36. The molecule has 0 bridgehead atoms. The summed E-state index contributed by atoms with van der Waals surface area (Å²) < 4.78 is 5.58. The van der Waals surface area contributed by atoms with E-state index in [9.17, 15) is 19.7 Å². The first-order chi connectivity index (χ1) is 11.8. The summed E-state index contributed by atoms with van der Waals surface area (Å²) in [5.74, 6) is -1.03. The maximum absolute atomic E-state index is 12.4. The molecule has 1 aliphatic heterocycles. The summed E-state index contributed by atoms with van der Waals surface area (Å²) in [5, 5.41) is 13.4. The fourth-order valence-corrected chi connectivity index (χ4v) is 3.07. The number of amides is 1. The van der Waals surface area contributed by atoms with Crippen LogP contribution in [0.3, 0.4) is 0 Å². The number of carbonyl (C=O) groups excluding carboxylic acids is 2. The van der Waals surface area contributed by atoms with Crippen molar-refractivity contribution in [1.29, 1.82) is 0 Å². The van der Waals surface area contributed by atoms with E-state index in [1.54, 1.807) is 6.07 Å². The number of benzene rings is 2. The van der Waals surface area contributed by atoms with Crippen LogP contribution in [0, 0.1) is 17.0 Å². The minimum Gasteiger partial charge on any atom is -0.448 e. The van der Waals surface area contributed by atoms with Crippen LogP contribution in [0.1, 0.15) is 21.5 Å². The molecule has 0 aromatic heterocycles. The van der Waals surface area contributed by atoms with Gasteiger partial charge in [0.05, 0.1) is 16.2 Å². The van der Waals surface area contributed by atoms with E-state index in [4.69, 9.17) is 4.74 Å². The molecule has 7 nitrogen and oxygen atoms in total. The molecule has 8 heteroatoms. The number of anilines is 1. The van der Waals surface area contributed by atoms with Crippen molar-refractivity contribution in [3.63, 3.8) is 0 Å². The molecule has 2 aromatic rings. The number of nitro groups is 1. The zero-order valence-corrected chi connectivity index (χ0v) is 14.7. The van der Waals surface area contributed by atoms with Crippen molar-refractivity contribution in [3.05, 3.63) is 67.7 Å². The third kappa shape index (κ3) is 3.53. The zero-order valence-electron chi connectivity index (χ0n) is 13.1. The standard InChI is InChI=1S/C17H13BrN2O5/c1-9-2-4-12-10(6-9)7-15(25-17(12)22)16(21)19-14-5-3-11(20(23)24)8-13(14)18/h2-6,8,15H,7H2,1H3,(H,19,21). The lowest BCUT2D eigenvalue weighted by molar-refractivity contribution is -0.384.